The SMILES string of the molecule is Clc1ccccc1O[C@@H]1CCN(CCCn2ccnc2)C1. The zero-order chi connectivity index (χ0) is 14.5. The Bertz CT molecular complexity index is 558. The van der Waals surface area contributed by atoms with Crippen LogP contribution in [0.25, 0.3) is 0 Å². The Labute approximate surface area is 130 Å². The molecule has 0 spiro atoms. The van der Waals surface area contributed by atoms with Gasteiger partial charge >= 0.3 is 0 Å². The Balaban J connectivity index is 1.42. The van der Waals surface area contributed by atoms with Crippen molar-refractivity contribution >= 4 is 11.6 Å². The molecule has 1 aliphatic rings. The summed E-state index contributed by atoms with van der Waals surface area (Å²) in [6, 6.07) is 7.68. The van der Waals surface area contributed by atoms with Crippen molar-refractivity contribution in [1.82, 2.24) is 14.5 Å². The van der Waals surface area contributed by atoms with Crippen molar-refractivity contribution in [2.45, 2.75) is 25.5 Å². The molecular weight excluding hydrogens is 286 g/mol. The van der Waals surface area contributed by atoms with Gasteiger partial charge in [0, 0.05) is 32.0 Å². The highest BCUT2D eigenvalue weighted by atomic mass is 35.5. The maximum absolute atomic E-state index is 6.13. The summed E-state index contributed by atoms with van der Waals surface area (Å²) in [5.41, 5.74) is 0. The Morgan fingerprint density at radius 3 is 3.00 bits per heavy atom. The van der Waals surface area contributed by atoms with Crippen molar-refractivity contribution in [2.24, 2.45) is 0 Å². The molecule has 1 aliphatic heterocycles. The first-order valence-corrected chi connectivity index (χ1v) is 7.78. The van der Waals surface area contributed by atoms with E-state index in [1.165, 1.54) is 0 Å². The fraction of sp³-hybridized carbons (Fsp3) is 0.438. The minimum absolute atomic E-state index is 0.248. The lowest BCUT2D eigenvalue weighted by molar-refractivity contribution is 0.199. The van der Waals surface area contributed by atoms with Gasteiger partial charge in [0.1, 0.15) is 11.9 Å². The van der Waals surface area contributed by atoms with Crippen molar-refractivity contribution in [3.05, 3.63) is 48.0 Å². The maximum Gasteiger partial charge on any atom is 0.138 e. The first kappa shape index (κ1) is 14.4. The second-order valence-electron chi connectivity index (χ2n) is 5.41. The largest absolute Gasteiger partial charge is 0.487 e. The summed E-state index contributed by atoms with van der Waals surface area (Å²) in [6.45, 7) is 4.20. The molecule has 2 aromatic rings. The highest BCUT2D eigenvalue weighted by Crippen LogP contribution is 2.26. The van der Waals surface area contributed by atoms with E-state index in [1.54, 1.807) is 0 Å². The molecule has 112 valence electrons. The van der Waals surface area contributed by atoms with E-state index in [-0.39, 0.29) is 6.10 Å². The predicted molar refractivity (Wildman–Crippen MR) is 83.8 cm³/mol. The average Bonchev–Trinajstić information content (AvgIpc) is 3.14. The molecule has 0 amide bonds. The van der Waals surface area contributed by atoms with Gasteiger partial charge in [0.05, 0.1) is 11.3 Å². The fourth-order valence-corrected chi connectivity index (χ4v) is 2.89. The van der Waals surface area contributed by atoms with Gasteiger partial charge in [0.2, 0.25) is 0 Å². The lowest BCUT2D eigenvalue weighted by Crippen LogP contribution is -2.26. The molecule has 0 aliphatic carbocycles. The van der Waals surface area contributed by atoms with Crippen LogP contribution in [0, 0.1) is 0 Å². The first-order valence-electron chi connectivity index (χ1n) is 7.40. The van der Waals surface area contributed by atoms with Crippen LogP contribution in [0.3, 0.4) is 0 Å². The van der Waals surface area contributed by atoms with Crippen molar-refractivity contribution in [1.29, 1.82) is 0 Å². The number of ether oxygens (including phenoxy) is 1. The van der Waals surface area contributed by atoms with E-state index in [0.29, 0.717) is 5.02 Å². The third-order valence-electron chi connectivity index (χ3n) is 3.81. The van der Waals surface area contributed by atoms with E-state index in [4.69, 9.17) is 16.3 Å². The summed E-state index contributed by atoms with van der Waals surface area (Å²) in [5.74, 6) is 0.796. The first-order chi connectivity index (χ1) is 10.3. The van der Waals surface area contributed by atoms with Gasteiger partial charge in [-0.3, -0.25) is 4.90 Å². The van der Waals surface area contributed by atoms with Crippen LogP contribution in [-0.4, -0.2) is 40.2 Å². The smallest absolute Gasteiger partial charge is 0.138 e. The summed E-state index contributed by atoms with van der Waals surface area (Å²) in [4.78, 5) is 6.51. The number of aryl methyl sites for hydroxylation is 1. The molecular formula is C16H20ClN3O. The molecule has 0 saturated carbocycles. The van der Waals surface area contributed by atoms with Crippen molar-refractivity contribution in [3.63, 3.8) is 0 Å². The quantitative estimate of drug-likeness (QED) is 0.821. The molecule has 5 heteroatoms. The number of rotatable bonds is 6. The molecule has 2 heterocycles. The van der Waals surface area contributed by atoms with Crippen LogP contribution in [0.5, 0.6) is 5.75 Å². The molecule has 3 rings (SSSR count). The van der Waals surface area contributed by atoms with E-state index < -0.39 is 0 Å². The van der Waals surface area contributed by atoms with Crippen LogP contribution in [0.2, 0.25) is 5.02 Å². The standard InChI is InChI=1S/C16H20ClN3O/c17-15-4-1-2-5-16(15)21-14-6-10-19(12-14)8-3-9-20-11-7-18-13-20/h1-2,4-5,7,11,13-14H,3,6,8-10,12H2/t14-/m1/s1. The van der Waals surface area contributed by atoms with Crippen molar-refractivity contribution < 1.29 is 4.74 Å². The summed E-state index contributed by atoms with van der Waals surface area (Å²) in [7, 11) is 0. The molecule has 1 fully saturated rings. The van der Waals surface area contributed by atoms with E-state index in [2.05, 4.69) is 14.5 Å². The third kappa shape index (κ3) is 3.99. The summed E-state index contributed by atoms with van der Waals surface area (Å²) >= 11 is 6.13. The number of aromatic nitrogens is 2. The molecule has 0 unspecified atom stereocenters. The van der Waals surface area contributed by atoms with Crippen molar-refractivity contribution in [3.8, 4) is 5.75 Å². The molecule has 4 nitrogen and oxygen atoms in total. The van der Waals surface area contributed by atoms with Crippen LogP contribution in [-0.2, 0) is 6.54 Å². The number of hydrogen-bond donors (Lipinski definition) is 0. The van der Waals surface area contributed by atoms with Gasteiger partial charge in [-0.05, 0) is 31.5 Å². The molecule has 0 N–H and O–H groups in total. The highest BCUT2D eigenvalue weighted by Gasteiger charge is 2.23. The normalized spacial score (nSPS) is 19.0. The lowest BCUT2D eigenvalue weighted by Gasteiger charge is -2.17. The maximum atomic E-state index is 6.13. The Morgan fingerprint density at radius 1 is 1.29 bits per heavy atom. The highest BCUT2D eigenvalue weighted by molar-refractivity contribution is 6.32. The van der Waals surface area contributed by atoms with E-state index in [9.17, 15) is 0 Å². The Hall–Kier alpha value is -1.52. The molecule has 0 radical (unpaired) electrons. The van der Waals surface area contributed by atoms with Crippen LogP contribution < -0.4 is 4.74 Å². The van der Waals surface area contributed by atoms with E-state index >= 15 is 0 Å². The number of hydrogen-bond acceptors (Lipinski definition) is 3. The fourth-order valence-electron chi connectivity index (χ4n) is 2.71. The van der Waals surface area contributed by atoms with E-state index in [1.807, 2.05) is 43.0 Å². The summed E-state index contributed by atoms with van der Waals surface area (Å²) in [5, 5.41) is 0.691. The Kier molecular flexibility index (Phi) is 4.78. The zero-order valence-electron chi connectivity index (χ0n) is 12.0. The van der Waals surface area contributed by atoms with Crippen molar-refractivity contribution in [2.75, 3.05) is 19.6 Å². The minimum atomic E-state index is 0.248. The van der Waals surface area contributed by atoms with E-state index in [0.717, 1.165) is 44.8 Å². The van der Waals surface area contributed by atoms with Gasteiger partial charge in [-0.15, -0.1) is 0 Å². The number of imidazole rings is 1. The van der Waals surface area contributed by atoms with Gasteiger partial charge < -0.3 is 9.30 Å². The zero-order valence-corrected chi connectivity index (χ0v) is 12.7. The Morgan fingerprint density at radius 2 is 2.19 bits per heavy atom. The summed E-state index contributed by atoms with van der Waals surface area (Å²) in [6.07, 6.45) is 8.15. The molecule has 1 saturated heterocycles. The molecule has 21 heavy (non-hydrogen) atoms. The molecule has 1 aromatic heterocycles. The monoisotopic (exact) mass is 305 g/mol. The molecule has 1 atom stereocenters. The number of benzene rings is 1. The van der Waals surface area contributed by atoms with Crippen LogP contribution in [0.15, 0.2) is 43.0 Å². The number of halogens is 1. The predicted octanol–water partition coefficient (Wildman–Crippen LogP) is 3.08. The summed E-state index contributed by atoms with van der Waals surface area (Å²) < 4.78 is 8.12. The second-order valence-corrected chi connectivity index (χ2v) is 5.82. The minimum Gasteiger partial charge on any atom is -0.487 e. The number of nitrogens with zero attached hydrogens (tertiary/aromatic N) is 3. The lowest BCUT2D eigenvalue weighted by atomic mass is 10.3. The van der Waals surface area contributed by atoms with Crippen LogP contribution in [0.1, 0.15) is 12.8 Å². The van der Waals surface area contributed by atoms with Gasteiger partial charge in [0.25, 0.3) is 0 Å². The topological polar surface area (TPSA) is 30.3 Å². The molecule has 0 bridgehead atoms. The molecule has 1 aromatic carbocycles. The number of para-hydroxylation sites is 1. The van der Waals surface area contributed by atoms with Gasteiger partial charge in [-0.2, -0.15) is 0 Å². The van der Waals surface area contributed by atoms with Crippen LogP contribution >= 0.6 is 11.6 Å². The van der Waals surface area contributed by atoms with Crippen LogP contribution in [0.4, 0.5) is 0 Å². The van der Waals surface area contributed by atoms with Gasteiger partial charge in [-0.1, -0.05) is 23.7 Å². The number of likely N-dealkylation sites (tertiary alicyclic amines) is 1. The third-order valence-corrected chi connectivity index (χ3v) is 4.12. The second kappa shape index (κ2) is 6.96. The van der Waals surface area contributed by atoms with Gasteiger partial charge in [-0.25, -0.2) is 4.98 Å². The van der Waals surface area contributed by atoms with Gasteiger partial charge in [0.15, 0.2) is 0 Å². The average molecular weight is 306 g/mol.